The number of carbonyl (C=O) groups excluding carboxylic acids is 3. The van der Waals surface area contributed by atoms with Gasteiger partial charge in [0.15, 0.2) is 5.96 Å². The Balaban J connectivity index is 2.21. The third-order valence-corrected chi connectivity index (χ3v) is 6.13. The fourth-order valence-corrected chi connectivity index (χ4v) is 4.14. The smallest absolute Gasteiger partial charge is 0.326 e. The highest BCUT2D eigenvalue weighted by atomic mass is 16.4. The minimum absolute atomic E-state index is 0.0164. The number of aliphatic carboxylic acids is 2. The summed E-state index contributed by atoms with van der Waals surface area (Å²) in [4.78, 5) is 67.0. The van der Waals surface area contributed by atoms with Gasteiger partial charge in [-0.05, 0) is 43.4 Å². The first-order chi connectivity index (χ1) is 18.4. The average Bonchev–Trinajstić information content (AvgIpc) is 3.36. The Kier molecular flexibility index (Phi) is 11.5. The molecule has 214 valence electrons. The summed E-state index contributed by atoms with van der Waals surface area (Å²) in [5, 5.41) is 33.2. The number of nitrogens with one attached hydrogen (secondary N) is 2. The Hall–Kier alpha value is -4.40. The highest BCUT2D eigenvalue weighted by Gasteiger charge is 2.39. The lowest BCUT2D eigenvalue weighted by molar-refractivity contribution is -0.150. The normalized spacial score (nSPS) is 16.9. The second-order valence-electron chi connectivity index (χ2n) is 9.17. The first-order valence-electron chi connectivity index (χ1n) is 12.3. The molecule has 4 unspecified atom stereocenters. The molecule has 0 bridgehead atoms. The lowest BCUT2D eigenvalue weighted by Gasteiger charge is -2.28. The van der Waals surface area contributed by atoms with Crippen molar-refractivity contribution in [2.24, 2.45) is 22.2 Å². The number of nitrogens with two attached hydrogens (primary N) is 3. The van der Waals surface area contributed by atoms with E-state index in [2.05, 4.69) is 15.6 Å². The molecule has 1 aliphatic heterocycles. The highest BCUT2D eigenvalue weighted by molar-refractivity contribution is 5.96. The average molecular weight is 550 g/mol. The van der Waals surface area contributed by atoms with Crippen molar-refractivity contribution in [2.45, 2.75) is 62.7 Å². The van der Waals surface area contributed by atoms with Crippen molar-refractivity contribution in [2.75, 3.05) is 13.1 Å². The molecule has 1 fully saturated rings. The summed E-state index contributed by atoms with van der Waals surface area (Å²) in [6.07, 6.45) is 0.330. The van der Waals surface area contributed by atoms with Gasteiger partial charge in [0.05, 0.1) is 12.5 Å². The van der Waals surface area contributed by atoms with E-state index in [0.717, 1.165) is 4.90 Å². The van der Waals surface area contributed by atoms with Crippen LogP contribution in [0, 0.1) is 0 Å². The van der Waals surface area contributed by atoms with E-state index in [4.69, 9.17) is 17.2 Å². The Morgan fingerprint density at radius 1 is 1.03 bits per heavy atom. The van der Waals surface area contributed by atoms with Gasteiger partial charge in [-0.25, -0.2) is 4.79 Å². The lowest BCUT2D eigenvalue weighted by Crippen LogP contribution is -2.58. The molecule has 15 nitrogen and oxygen atoms in total. The van der Waals surface area contributed by atoms with Crippen LogP contribution in [0.2, 0.25) is 0 Å². The summed E-state index contributed by atoms with van der Waals surface area (Å²) in [7, 11) is 0. The molecule has 4 atom stereocenters. The van der Waals surface area contributed by atoms with E-state index in [1.807, 2.05) is 0 Å². The molecule has 0 radical (unpaired) electrons. The third kappa shape index (κ3) is 9.77. The summed E-state index contributed by atoms with van der Waals surface area (Å²) in [5.41, 5.74) is 17.0. The van der Waals surface area contributed by atoms with Crippen molar-refractivity contribution in [3.63, 3.8) is 0 Å². The minimum Gasteiger partial charge on any atom is -0.508 e. The summed E-state index contributed by atoms with van der Waals surface area (Å²) in [6, 6.07) is 0.833. The van der Waals surface area contributed by atoms with E-state index in [1.165, 1.54) is 24.3 Å². The van der Waals surface area contributed by atoms with Gasteiger partial charge in [-0.1, -0.05) is 12.1 Å². The number of phenolic OH excluding ortho intramolecular Hbond substituents is 1. The maximum atomic E-state index is 13.3. The molecule has 11 N–H and O–H groups in total. The highest BCUT2D eigenvalue weighted by Crippen LogP contribution is 2.19. The fraction of sp³-hybridized carbons (Fsp3) is 0.500. The van der Waals surface area contributed by atoms with Crippen LogP contribution >= 0.6 is 0 Å². The third-order valence-electron chi connectivity index (χ3n) is 6.13. The van der Waals surface area contributed by atoms with E-state index in [1.54, 1.807) is 0 Å². The van der Waals surface area contributed by atoms with Gasteiger partial charge in [-0.3, -0.25) is 24.2 Å². The van der Waals surface area contributed by atoms with Gasteiger partial charge in [0.2, 0.25) is 17.7 Å². The van der Waals surface area contributed by atoms with Crippen LogP contribution < -0.4 is 27.8 Å². The molecule has 0 saturated carbocycles. The maximum Gasteiger partial charge on any atom is 0.326 e. The zero-order valence-electron chi connectivity index (χ0n) is 21.3. The molecular formula is C24H35N7O8. The largest absolute Gasteiger partial charge is 0.508 e. The second kappa shape index (κ2) is 14.5. The minimum atomic E-state index is -1.57. The number of hydrogen-bond acceptors (Lipinski definition) is 8. The Labute approximate surface area is 224 Å². The van der Waals surface area contributed by atoms with Crippen molar-refractivity contribution < 1.29 is 39.3 Å². The predicted molar refractivity (Wildman–Crippen MR) is 138 cm³/mol. The molecule has 0 aliphatic carbocycles. The first-order valence-corrected chi connectivity index (χ1v) is 12.3. The number of aromatic hydroxyl groups is 1. The molecule has 1 saturated heterocycles. The number of aliphatic imine (C=N–C) groups is 1. The van der Waals surface area contributed by atoms with Gasteiger partial charge >= 0.3 is 11.9 Å². The van der Waals surface area contributed by atoms with E-state index >= 15 is 0 Å². The maximum absolute atomic E-state index is 13.3. The summed E-state index contributed by atoms with van der Waals surface area (Å²) in [5.74, 6) is -5.12. The molecule has 0 aromatic heterocycles. The number of amides is 3. The fourth-order valence-electron chi connectivity index (χ4n) is 4.14. The van der Waals surface area contributed by atoms with Gasteiger partial charge < -0.3 is 48.1 Å². The molecule has 1 aromatic rings. The number of likely N-dealkylation sites (tertiary alicyclic amines) is 1. The Morgan fingerprint density at radius 2 is 1.67 bits per heavy atom. The van der Waals surface area contributed by atoms with Gasteiger partial charge in [-0.15, -0.1) is 0 Å². The van der Waals surface area contributed by atoms with E-state index in [-0.39, 0.29) is 44.1 Å². The quantitative estimate of drug-likeness (QED) is 0.0703. The zero-order valence-corrected chi connectivity index (χ0v) is 21.3. The van der Waals surface area contributed by atoms with Crippen LogP contribution in [-0.2, 0) is 30.4 Å². The van der Waals surface area contributed by atoms with Gasteiger partial charge in [0.1, 0.15) is 23.9 Å². The van der Waals surface area contributed by atoms with Crippen molar-refractivity contribution in [3.05, 3.63) is 29.8 Å². The van der Waals surface area contributed by atoms with E-state index in [9.17, 15) is 39.3 Å². The van der Waals surface area contributed by atoms with Crippen molar-refractivity contribution in [1.29, 1.82) is 0 Å². The first kappa shape index (κ1) is 30.8. The van der Waals surface area contributed by atoms with Crippen molar-refractivity contribution in [3.8, 4) is 5.75 Å². The van der Waals surface area contributed by atoms with Crippen LogP contribution in [0.1, 0.15) is 37.7 Å². The zero-order chi connectivity index (χ0) is 29.1. The molecule has 39 heavy (non-hydrogen) atoms. The number of carbonyl (C=O) groups is 5. The molecule has 0 spiro atoms. The molecule has 1 aliphatic rings. The monoisotopic (exact) mass is 549 g/mol. The van der Waals surface area contributed by atoms with Gasteiger partial charge in [0.25, 0.3) is 0 Å². The van der Waals surface area contributed by atoms with Crippen LogP contribution in [0.5, 0.6) is 5.75 Å². The van der Waals surface area contributed by atoms with Crippen molar-refractivity contribution >= 4 is 35.6 Å². The van der Waals surface area contributed by atoms with Gasteiger partial charge in [0, 0.05) is 19.5 Å². The SMILES string of the molecule is NC(N)=NCCCC(N)C(=O)NC(Cc1ccc(O)cc1)C(=O)NC(CC(=O)O)C(=O)N1CCCC1C(=O)O. The molecule has 1 heterocycles. The summed E-state index contributed by atoms with van der Waals surface area (Å²) in [6.45, 7) is 0.345. The summed E-state index contributed by atoms with van der Waals surface area (Å²) >= 11 is 0. The molecule has 1 aromatic carbocycles. The number of rotatable bonds is 14. The Morgan fingerprint density at radius 3 is 2.26 bits per heavy atom. The van der Waals surface area contributed by atoms with Crippen LogP contribution in [-0.4, -0.2) is 93.1 Å². The van der Waals surface area contributed by atoms with E-state index in [0.29, 0.717) is 18.4 Å². The van der Waals surface area contributed by atoms with Crippen LogP contribution in [0.15, 0.2) is 29.3 Å². The van der Waals surface area contributed by atoms with Gasteiger partial charge in [-0.2, -0.15) is 0 Å². The standard InChI is InChI=1S/C24H35N7O8/c25-15(3-1-9-28-24(26)27)20(35)29-16(11-13-5-7-14(32)8-6-13)21(36)30-17(12-19(33)34)22(37)31-10-2-4-18(31)23(38)39/h5-8,15-18,32H,1-4,9-12,25H2,(H,29,35)(H,30,36)(H,33,34)(H,38,39)(H4,26,27,28). The summed E-state index contributed by atoms with van der Waals surface area (Å²) < 4.78 is 0. The molecular weight excluding hydrogens is 514 g/mol. The molecule has 2 rings (SSSR count). The Bertz CT molecular complexity index is 1070. The number of carboxylic acids is 2. The van der Waals surface area contributed by atoms with Crippen LogP contribution in [0.3, 0.4) is 0 Å². The number of carboxylic acid groups (broad SMARTS) is 2. The van der Waals surface area contributed by atoms with Crippen LogP contribution in [0.4, 0.5) is 0 Å². The number of nitrogens with zero attached hydrogens (tertiary/aromatic N) is 2. The lowest BCUT2D eigenvalue weighted by atomic mass is 10.0. The molecule has 3 amide bonds. The predicted octanol–water partition coefficient (Wildman–Crippen LogP) is -2.16. The second-order valence-corrected chi connectivity index (χ2v) is 9.17. The number of guanidine groups is 1. The number of benzene rings is 1. The van der Waals surface area contributed by atoms with Crippen molar-refractivity contribution in [1.82, 2.24) is 15.5 Å². The van der Waals surface area contributed by atoms with E-state index < -0.39 is 60.2 Å². The molecule has 15 heteroatoms. The topological polar surface area (TPSA) is 264 Å². The number of hydrogen-bond donors (Lipinski definition) is 8. The van der Waals surface area contributed by atoms with Crippen LogP contribution in [0.25, 0.3) is 0 Å². The number of phenols is 1.